The van der Waals surface area contributed by atoms with E-state index in [9.17, 15) is 9.59 Å². The second kappa shape index (κ2) is 5.85. The highest BCUT2D eigenvalue weighted by molar-refractivity contribution is 6.35. The number of ether oxygens (including phenoxy) is 1. The highest BCUT2D eigenvalue weighted by Crippen LogP contribution is 2.40. The summed E-state index contributed by atoms with van der Waals surface area (Å²) in [5.74, 6) is -1.83. The maximum absolute atomic E-state index is 11.7. The number of rotatable bonds is 4. The van der Waals surface area contributed by atoms with Crippen LogP contribution >= 0.6 is 23.2 Å². The minimum absolute atomic E-state index is 0.197. The van der Waals surface area contributed by atoms with Gasteiger partial charge in [-0.15, -0.1) is 0 Å². The van der Waals surface area contributed by atoms with Crippen molar-refractivity contribution in [1.82, 2.24) is 0 Å². The van der Waals surface area contributed by atoms with Crippen molar-refractivity contribution < 1.29 is 19.4 Å². The number of carboxylic acids is 1. The summed E-state index contributed by atoms with van der Waals surface area (Å²) in [5, 5.41) is 9.71. The summed E-state index contributed by atoms with van der Waals surface area (Å²) >= 11 is 12.0. The fourth-order valence-corrected chi connectivity index (χ4v) is 2.78. The normalized spacial score (nSPS) is 16.6. The number of hydrogen-bond donors (Lipinski definition) is 1. The summed E-state index contributed by atoms with van der Waals surface area (Å²) in [5.41, 5.74) is 1.51. The number of carbonyl (C=O) groups is 2. The number of aliphatic carboxylic acids is 1. The molecule has 0 saturated carbocycles. The minimum atomic E-state index is -1.21. The van der Waals surface area contributed by atoms with Crippen LogP contribution in [-0.4, -0.2) is 17.0 Å². The predicted octanol–water partition coefficient (Wildman–Crippen LogP) is 3.55. The second-order valence-corrected chi connectivity index (χ2v) is 5.40. The van der Waals surface area contributed by atoms with Gasteiger partial charge in [0.2, 0.25) is 0 Å². The molecule has 1 atom stereocenters. The lowest BCUT2D eigenvalue weighted by molar-refractivity contribution is -0.149. The SMILES string of the molecule is C=C(CC(=O)OC1CCc2c(Cl)cc(Cl)cc21)C(=O)O. The fourth-order valence-electron chi connectivity index (χ4n) is 2.18. The van der Waals surface area contributed by atoms with Crippen LogP contribution in [-0.2, 0) is 20.7 Å². The third-order valence-corrected chi connectivity index (χ3v) is 3.69. The van der Waals surface area contributed by atoms with E-state index < -0.39 is 18.0 Å². The van der Waals surface area contributed by atoms with Crippen molar-refractivity contribution >= 4 is 35.1 Å². The Bertz CT molecular complexity index is 595. The molecule has 1 N–H and O–H groups in total. The van der Waals surface area contributed by atoms with Crippen molar-refractivity contribution in [2.45, 2.75) is 25.4 Å². The van der Waals surface area contributed by atoms with Gasteiger partial charge in [-0.1, -0.05) is 29.8 Å². The average Bonchev–Trinajstić information content (AvgIpc) is 2.72. The first kappa shape index (κ1) is 14.9. The van der Waals surface area contributed by atoms with Crippen LogP contribution in [0.5, 0.6) is 0 Å². The Labute approximate surface area is 125 Å². The van der Waals surface area contributed by atoms with Gasteiger partial charge in [0.05, 0.1) is 6.42 Å². The van der Waals surface area contributed by atoms with Gasteiger partial charge in [-0.25, -0.2) is 4.79 Å². The van der Waals surface area contributed by atoms with E-state index in [0.29, 0.717) is 22.9 Å². The number of benzene rings is 1. The molecule has 20 heavy (non-hydrogen) atoms. The number of esters is 1. The van der Waals surface area contributed by atoms with Gasteiger partial charge in [0, 0.05) is 15.6 Å². The maximum Gasteiger partial charge on any atom is 0.331 e. The van der Waals surface area contributed by atoms with Gasteiger partial charge in [0.1, 0.15) is 6.10 Å². The zero-order chi connectivity index (χ0) is 14.9. The molecule has 4 nitrogen and oxygen atoms in total. The third kappa shape index (κ3) is 3.14. The van der Waals surface area contributed by atoms with E-state index in [1.165, 1.54) is 0 Å². The van der Waals surface area contributed by atoms with Crippen LogP contribution in [0.1, 0.15) is 30.1 Å². The molecule has 106 valence electrons. The number of fused-ring (bicyclic) bond motifs is 1. The summed E-state index contributed by atoms with van der Waals surface area (Å²) in [6.07, 6.45) is 0.537. The monoisotopic (exact) mass is 314 g/mol. The first-order valence-corrected chi connectivity index (χ1v) is 6.72. The van der Waals surface area contributed by atoms with Crippen LogP contribution in [0.4, 0.5) is 0 Å². The van der Waals surface area contributed by atoms with Crippen LogP contribution in [0.2, 0.25) is 10.0 Å². The van der Waals surface area contributed by atoms with Crippen molar-refractivity contribution in [3.63, 3.8) is 0 Å². The lowest BCUT2D eigenvalue weighted by atomic mass is 10.1. The molecule has 1 unspecified atom stereocenters. The van der Waals surface area contributed by atoms with Crippen LogP contribution in [0.3, 0.4) is 0 Å². The molecule has 6 heteroatoms. The zero-order valence-corrected chi connectivity index (χ0v) is 12.0. The lowest BCUT2D eigenvalue weighted by Gasteiger charge is -2.14. The van der Waals surface area contributed by atoms with Crippen molar-refractivity contribution in [3.05, 3.63) is 45.5 Å². The van der Waals surface area contributed by atoms with Gasteiger partial charge in [-0.2, -0.15) is 0 Å². The summed E-state index contributed by atoms with van der Waals surface area (Å²) in [6, 6.07) is 3.37. The Kier molecular flexibility index (Phi) is 4.35. The molecule has 0 radical (unpaired) electrons. The number of halogens is 2. The predicted molar refractivity (Wildman–Crippen MR) is 75.0 cm³/mol. The topological polar surface area (TPSA) is 63.6 Å². The Morgan fingerprint density at radius 1 is 1.40 bits per heavy atom. The highest BCUT2D eigenvalue weighted by Gasteiger charge is 2.28. The molecule has 0 bridgehead atoms. The number of carboxylic acid groups (broad SMARTS) is 1. The summed E-state index contributed by atoms with van der Waals surface area (Å²) < 4.78 is 5.29. The first-order valence-electron chi connectivity index (χ1n) is 5.97. The fraction of sp³-hybridized carbons (Fsp3) is 0.286. The first-order chi connectivity index (χ1) is 9.38. The number of carbonyl (C=O) groups excluding carboxylic acids is 1. The largest absolute Gasteiger partial charge is 0.478 e. The molecule has 0 aliphatic heterocycles. The Balaban J connectivity index is 2.09. The summed E-state index contributed by atoms with van der Waals surface area (Å²) in [4.78, 5) is 22.3. The summed E-state index contributed by atoms with van der Waals surface area (Å²) in [6.45, 7) is 3.30. The Morgan fingerprint density at radius 3 is 2.75 bits per heavy atom. The van der Waals surface area contributed by atoms with Crippen molar-refractivity contribution in [2.24, 2.45) is 0 Å². The van der Waals surface area contributed by atoms with E-state index in [1.54, 1.807) is 12.1 Å². The van der Waals surface area contributed by atoms with Crippen molar-refractivity contribution in [3.8, 4) is 0 Å². The van der Waals surface area contributed by atoms with Gasteiger partial charge in [-0.05, 0) is 36.1 Å². The van der Waals surface area contributed by atoms with Crippen molar-refractivity contribution in [1.29, 1.82) is 0 Å². The molecule has 0 spiro atoms. The molecule has 1 aromatic carbocycles. The van der Waals surface area contributed by atoms with Crippen LogP contribution in [0, 0.1) is 0 Å². The van der Waals surface area contributed by atoms with E-state index >= 15 is 0 Å². The molecule has 0 amide bonds. The zero-order valence-electron chi connectivity index (χ0n) is 10.5. The molecule has 2 rings (SSSR count). The molecule has 1 aliphatic rings. The van der Waals surface area contributed by atoms with E-state index in [-0.39, 0.29) is 12.0 Å². The van der Waals surface area contributed by atoms with Gasteiger partial charge in [-0.3, -0.25) is 4.79 Å². The Morgan fingerprint density at radius 2 is 2.10 bits per heavy atom. The highest BCUT2D eigenvalue weighted by atomic mass is 35.5. The molecule has 0 heterocycles. The smallest absolute Gasteiger partial charge is 0.331 e. The third-order valence-electron chi connectivity index (χ3n) is 3.13. The molecule has 1 aromatic rings. The second-order valence-electron chi connectivity index (χ2n) is 4.56. The minimum Gasteiger partial charge on any atom is -0.478 e. The molecule has 1 aliphatic carbocycles. The maximum atomic E-state index is 11.7. The van der Waals surface area contributed by atoms with Gasteiger partial charge in [0.25, 0.3) is 0 Å². The average molecular weight is 315 g/mol. The van der Waals surface area contributed by atoms with E-state index in [4.69, 9.17) is 33.0 Å². The van der Waals surface area contributed by atoms with Crippen molar-refractivity contribution in [2.75, 3.05) is 0 Å². The summed E-state index contributed by atoms with van der Waals surface area (Å²) in [7, 11) is 0. The van der Waals surface area contributed by atoms with E-state index in [0.717, 1.165) is 11.1 Å². The molecular formula is C14H12Cl2O4. The molecule has 0 fully saturated rings. The molecular weight excluding hydrogens is 303 g/mol. The van der Waals surface area contributed by atoms with Crippen LogP contribution in [0.15, 0.2) is 24.3 Å². The van der Waals surface area contributed by atoms with Gasteiger partial charge in [0.15, 0.2) is 0 Å². The van der Waals surface area contributed by atoms with E-state index in [2.05, 4.69) is 6.58 Å². The Hall–Kier alpha value is -1.52. The standard InChI is InChI=1S/C14H12Cl2O4/c1-7(14(18)19)4-13(17)20-12-3-2-9-10(12)5-8(15)6-11(9)16/h5-6,12H,1-4H2,(H,18,19). The lowest BCUT2D eigenvalue weighted by Crippen LogP contribution is -2.12. The molecule has 0 saturated heterocycles. The van der Waals surface area contributed by atoms with Gasteiger partial charge < -0.3 is 9.84 Å². The quantitative estimate of drug-likeness (QED) is 0.681. The van der Waals surface area contributed by atoms with Gasteiger partial charge >= 0.3 is 11.9 Å². The molecule has 0 aromatic heterocycles. The number of hydrogen-bond acceptors (Lipinski definition) is 3. The van der Waals surface area contributed by atoms with Crippen LogP contribution < -0.4 is 0 Å². The van der Waals surface area contributed by atoms with Crippen LogP contribution in [0.25, 0.3) is 0 Å². The van der Waals surface area contributed by atoms with E-state index in [1.807, 2.05) is 0 Å².